The van der Waals surface area contributed by atoms with Crippen molar-refractivity contribution in [1.29, 1.82) is 0 Å². The van der Waals surface area contributed by atoms with Gasteiger partial charge in [0.2, 0.25) is 0 Å². The van der Waals surface area contributed by atoms with Crippen molar-refractivity contribution in [2.75, 3.05) is 26.2 Å². The quantitative estimate of drug-likeness (QED) is 0.662. The Bertz CT molecular complexity index is 409. The van der Waals surface area contributed by atoms with Gasteiger partial charge in [0.1, 0.15) is 0 Å². The van der Waals surface area contributed by atoms with Gasteiger partial charge in [0.05, 0.1) is 12.6 Å². The maximum Gasteiger partial charge on any atom is 0.312 e. The van der Waals surface area contributed by atoms with E-state index in [9.17, 15) is 9.90 Å². The number of aliphatic hydroxyl groups excluding tert-OH is 1. The lowest BCUT2D eigenvalue weighted by Crippen LogP contribution is -2.45. The zero-order chi connectivity index (χ0) is 14.4. The predicted molar refractivity (Wildman–Crippen MR) is 75.0 cm³/mol. The van der Waals surface area contributed by atoms with Crippen LogP contribution in [-0.2, 0) is 6.54 Å². The summed E-state index contributed by atoms with van der Waals surface area (Å²) >= 11 is 0. The molecule has 112 valence electrons. The number of nitrogens with zero attached hydrogens (tertiary/aromatic N) is 3. The third kappa shape index (κ3) is 4.82. The molecule has 2 amide bonds. The first-order valence-electron chi connectivity index (χ1n) is 7.04. The number of urea groups is 1. The number of carbonyl (C=O) groups excluding carboxylic acids is 1. The molecule has 0 aliphatic carbocycles. The number of rotatable bonds is 6. The van der Waals surface area contributed by atoms with Gasteiger partial charge >= 0.3 is 6.03 Å². The minimum absolute atomic E-state index is 0.410. The van der Waals surface area contributed by atoms with Gasteiger partial charge in [-0.15, -0.1) is 0 Å². The molecule has 1 aromatic heterocycles. The molecule has 4 N–H and O–H groups in total. The fraction of sp³-hybridized carbons (Fsp3) is 0.692. The van der Waals surface area contributed by atoms with E-state index in [4.69, 9.17) is 5.73 Å². The first-order chi connectivity index (χ1) is 9.63. The zero-order valence-electron chi connectivity index (χ0n) is 11.6. The van der Waals surface area contributed by atoms with Crippen LogP contribution < -0.4 is 11.1 Å². The molecule has 2 heterocycles. The fourth-order valence-electron chi connectivity index (χ4n) is 2.71. The Balaban J connectivity index is 1.73. The molecule has 2 atom stereocenters. The van der Waals surface area contributed by atoms with Crippen LogP contribution in [0.4, 0.5) is 4.79 Å². The second-order valence-corrected chi connectivity index (χ2v) is 5.39. The number of nitrogens with two attached hydrogens (primary N) is 1. The number of hydrogen-bond donors (Lipinski definition) is 3. The summed E-state index contributed by atoms with van der Waals surface area (Å²) in [6.45, 7) is 3.63. The normalized spacial score (nSPS) is 21.6. The van der Waals surface area contributed by atoms with Gasteiger partial charge in [-0.05, 0) is 31.4 Å². The molecule has 7 heteroatoms. The summed E-state index contributed by atoms with van der Waals surface area (Å²) in [6, 6.07) is 1.37. The van der Waals surface area contributed by atoms with Crippen molar-refractivity contribution >= 4 is 6.03 Å². The summed E-state index contributed by atoms with van der Waals surface area (Å²) in [5.41, 5.74) is 5.09. The number of aromatic nitrogens is 2. The monoisotopic (exact) mass is 281 g/mol. The fourth-order valence-corrected chi connectivity index (χ4v) is 2.71. The smallest absolute Gasteiger partial charge is 0.312 e. The molecule has 1 saturated heterocycles. The summed E-state index contributed by atoms with van der Waals surface area (Å²) in [5.74, 6) is 0.410. The maximum atomic E-state index is 10.7. The van der Waals surface area contributed by atoms with Gasteiger partial charge < -0.3 is 21.1 Å². The molecule has 2 rings (SSSR count). The highest BCUT2D eigenvalue weighted by Gasteiger charge is 2.22. The number of amides is 2. The van der Waals surface area contributed by atoms with Crippen LogP contribution >= 0.6 is 0 Å². The zero-order valence-corrected chi connectivity index (χ0v) is 11.6. The summed E-state index contributed by atoms with van der Waals surface area (Å²) in [5, 5.41) is 16.8. The molecule has 0 aromatic carbocycles. The van der Waals surface area contributed by atoms with E-state index in [2.05, 4.69) is 15.3 Å². The Kier molecular flexibility index (Phi) is 5.37. The van der Waals surface area contributed by atoms with Crippen molar-refractivity contribution in [1.82, 2.24) is 20.0 Å². The summed E-state index contributed by atoms with van der Waals surface area (Å²) < 4.78 is 1.74. The van der Waals surface area contributed by atoms with Crippen molar-refractivity contribution in [3.05, 3.63) is 18.5 Å². The van der Waals surface area contributed by atoms with E-state index in [1.165, 1.54) is 0 Å². The number of primary amides is 1. The van der Waals surface area contributed by atoms with Gasteiger partial charge in [-0.3, -0.25) is 4.68 Å². The average Bonchev–Trinajstić information content (AvgIpc) is 2.89. The van der Waals surface area contributed by atoms with Crippen molar-refractivity contribution in [2.24, 2.45) is 11.7 Å². The molecule has 1 aliphatic rings. The van der Waals surface area contributed by atoms with Gasteiger partial charge in [-0.2, -0.15) is 5.10 Å². The van der Waals surface area contributed by atoms with E-state index in [1.807, 2.05) is 12.3 Å². The third-order valence-electron chi connectivity index (χ3n) is 3.59. The van der Waals surface area contributed by atoms with Crippen LogP contribution in [0, 0.1) is 5.92 Å². The van der Waals surface area contributed by atoms with Gasteiger partial charge in [-0.25, -0.2) is 4.79 Å². The van der Waals surface area contributed by atoms with E-state index >= 15 is 0 Å². The highest BCUT2D eigenvalue weighted by Crippen LogP contribution is 2.16. The second-order valence-electron chi connectivity index (χ2n) is 5.39. The van der Waals surface area contributed by atoms with E-state index < -0.39 is 12.1 Å². The number of β-amino-alcohol motifs (C(OH)–C–C–N with tert-alkyl or cyclic N) is 1. The van der Waals surface area contributed by atoms with Crippen LogP contribution in [0.1, 0.15) is 12.8 Å². The largest absolute Gasteiger partial charge is 0.390 e. The third-order valence-corrected chi connectivity index (χ3v) is 3.59. The molecule has 0 saturated carbocycles. The van der Waals surface area contributed by atoms with Crippen LogP contribution in [0.5, 0.6) is 0 Å². The molecule has 0 unspecified atom stereocenters. The number of likely N-dealkylation sites (tertiary alicyclic amines) is 1. The minimum Gasteiger partial charge on any atom is -0.390 e. The van der Waals surface area contributed by atoms with Gasteiger partial charge in [0.15, 0.2) is 0 Å². The second kappa shape index (κ2) is 7.25. The molecule has 1 aromatic rings. The number of hydrogen-bond acceptors (Lipinski definition) is 4. The Morgan fingerprint density at radius 2 is 2.40 bits per heavy atom. The van der Waals surface area contributed by atoms with Crippen LogP contribution in [0.15, 0.2) is 18.5 Å². The number of nitrogens with one attached hydrogen (secondary N) is 1. The predicted octanol–water partition coefficient (Wildman–Crippen LogP) is -0.376. The molecule has 1 aliphatic heterocycles. The number of piperidine rings is 1. The summed E-state index contributed by atoms with van der Waals surface area (Å²) in [6.07, 6.45) is 5.29. The molecule has 7 nitrogen and oxygen atoms in total. The van der Waals surface area contributed by atoms with Gasteiger partial charge in [0, 0.05) is 32.0 Å². The highest BCUT2D eigenvalue weighted by molar-refractivity contribution is 5.71. The van der Waals surface area contributed by atoms with Crippen molar-refractivity contribution < 1.29 is 9.90 Å². The standard InChI is InChI=1S/C13H23N5O2/c14-13(20)15-7-11-3-1-5-17(8-11)9-12(19)10-18-6-2-4-16-18/h2,4,6,11-12,19H,1,3,5,7-10H2,(H3,14,15,20)/t11-,12-/m0/s1. The molecular formula is C13H23N5O2. The van der Waals surface area contributed by atoms with Crippen LogP contribution in [0.2, 0.25) is 0 Å². The van der Waals surface area contributed by atoms with Crippen LogP contribution in [0.3, 0.4) is 0 Å². The van der Waals surface area contributed by atoms with E-state index in [0.29, 0.717) is 25.6 Å². The van der Waals surface area contributed by atoms with E-state index in [0.717, 1.165) is 25.9 Å². The molecule has 0 radical (unpaired) electrons. The molecular weight excluding hydrogens is 258 g/mol. The first kappa shape index (κ1) is 14.8. The molecule has 20 heavy (non-hydrogen) atoms. The van der Waals surface area contributed by atoms with E-state index in [1.54, 1.807) is 10.9 Å². The first-order valence-corrected chi connectivity index (χ1v) is 7.04. The Morgan fingerprint density at radius 3 is 3.10 bits per heavy atom. The average molecular weight is 281 g/mol. The number of carbonyl (C=O) groups is 1. The van der Waals surface area contributed by atoms with E-state index in [-0.39, 0.29) is 0 Å². The summed E-state index contributed by atoms with van der Waals surface area (Å²) in [4.78, 5) is 13.0. The van der Waals surface area contributed by atoms with Crippen molar-refractivity contribution in [3.8, 4) is 0 Å². The Hall–Kier alpha value is -1.60. The lowest BCUT2D eigenvalue weighted by Gasteiger charge is -2.33. The van der Waals surface area contributed by atoms with Crippen molar-refractivity contribution in [2.45, 2.75) is 25.5 Å². The van der Waals surface area contributed by atoms with Gasteiger partial charge in [0.25, 0.3) is 0 Å². The lowest BCUT2D eigenvalue weighted by atomic mass is 9.98. The van der Waals surface area contributed by atoms with Crippen molar-refractivity contribution in [3.63, 3.8) is 0 Å². The highest BCUT2D eigenvalue weighted by atomic mass is 16.3. The SMILES string of the molecule is NC(=O)NC[C@@H]1CCCN(C[C@H](O)Cn2cccn2)C1. The topological polar surface area (TPSA) is 96.4 Å². The molecule has 0 bridgehead atoms. The lowest BCUT2D eigenvalue weighted by molar-refractivity contribution is 0.0719. The van der Waals surface area contributed by atoms with Crippen LogP contribution in [0.25, 0.3) is 0 Å². The Labute approximate surface area is 118 Å². The van der Waals surface area contributed by atoms with Crippen LogP contribution in [-0.4, -0.2) is 58.1 Å². The minimum atomic E-state index is -0.471. The Morgan fingerprint density at radius 1 is 1.55 bits per heavy atom. The molecule has 0 spiro atoms. The summed E-state index contributed by atoms with van der Waals surface area (Å²) in [7, 11) is 0. The number of aliphatic hydroxyl groups is 1. The van der Waals surface area contributed by atoms with Gasteiger partial charge in [-0.1, -0.05) is 0 Å². The maximum absolute atomic E-state index is 10.7. The molecule has 1 fully saturated rings.